The van der Waals surface area contributed by atoms with Gasteiger partial charge in [0.05, 0.1) is 11.8 Å². The van der Waals surface area contributed by atoms with E-state index < -0.39 is 11.6 Å². The lowest BCUT2D eigenvalue weighted by Crippen LogP contribution is -2.33. The van der Waals surface area contributed by atoms with Gasteiger partial charge in [-0.05, 0) is 18.2 Å². The molecule has 0 bridgehead atoms. The number of hydrogen-bond donors (Lipinski definition) is 2. The Balaban J connectivity index is 2.48. The van der Waals surface area contributed by atoms with Crippen LogP contribution >= 0.6 is 0 Å². The zero-order valence-corrected chi connectivity index (χ0v) is 8.06. The van der Waals surface area contributed by atoms with Crippen molar-refractivity contribution >= 4 is 5.84 Å². The average Bonchev–Trinajstić information content (AvgIpc) is 2.22. The Morgan fingerprint density at radius 1 is 1.31 bits per heavy atom. The Labute approximate surface area is 89.7 Å². The third kappa shape index (κ3) is 1.87. The Kier molecular flexibility index (Phi) is 2.57. The van der Waals surface area contributed by atoms with Crippen LogP contribution in [0.15, 0.2) is 35.2 Å². The van der Waals surface area contributed by atoms with Crippen molar-refractivity contribution in [1.29, 1.82) is 0 Å². The average molecular weight is 226 g/mol. The zero-order valence-electron chi connectivity index (χ0n) is 8.06. The minimum absolute atomic E-state index is 0.144. The van der Waals surface area contributed by atoms with Crippen molar-refractivity contribution < 1.29 is 19.1 Å². The number of nitrogens with zero attached hydrogens (tertiary/aromatic N) is 2. The lowest BCUT2D eigenvalue weighted by Gasteiger charge is -2.21. The van der Waals surface area contributed by atoms with Crippen molar-refractivity contribution in [2.45, 2.75) is 0 Å². The molecule has 2 rings (SSSR count). The molecule has 0 spiro atoms. The maximum atomic E-state index is 13.4. The highest BCUT2D eigenvalue weighted by Gasteiger charge is 2.20. The van der Waals surface area contributed by atoms with Gasteiger partial charge in [0, 0.05) is 0 Å². The molecule has 0 amide bonds. The lowest BCUT2D eigenvalue weighted by molar-refractivity contribution is -0.0149. The van der Waals surface area contributed by atoms with Crippen LogP contribution in [0.4, 0.5) is 8.78 Å². The molecule has 0 saturated carbocycles. The molecule has 84 valence electrons. The predicted octanol–water partition coefficient (Wildman–Crippen LogP) is 1.82. The van der Waals surface area contributed by atoms with Crippen LogP contribution in [0, 0.1) is 11.6 Å². The molecule has 0 fully saturated rings. The largest absolute Gasteiger partial charge is 0.509 e. The molecule has 2 N–H and O–H groups in total. The summed E-state index contributed by atoms with van der Waals surface area (Å²) >= 11 is 0. The van der Waals surface area contributed by atoms with Crippen molar-refractivity contribution in [2.75, 3.05) is 6.54 Å². The second-order valence-corrected chi connectivity index (χ2v) is 3.25. The van der Waals surface area contributed by atoms with Gasteiger partial charge < -0.3 is 5.11 Å². The zero-order chi connectivity index (χ0) is 11.7. The highest BCUT2D eigenvalue weighted by molar-refractivity contribution is 5.99. The van der Waals surface area contributed by atoms with Crippen LogP contribution in [-0.4, -0.2) is 27.8 Å². The second kappa shape index (κ2) is 3.90. The predicted molar refractivity (Wildman–Crippen MR) is 52.1 cm³/mol. The summed E-state index contributed by atoms with van der Waals surface area (Å²) in [4.78, 5) is 3.64. The summed E-state index contributed by atoms with van der Waals surface area (Å²) in [5, 5.41) is 19.0. The van der Waals surface area contributed by atoms with E-state index in [0.29, 0.717) is 5.06 Å². The number of aliphatic hydroxyl groups excluding tert-OH is 1. The van der Waals surface area contributed by atoms with E-state index >= 15 is 0 Å². The summed E-state index contributed by atoms with van der Waals surface area (Å²) in [6.45, 7) is -0.214. The van der Waals surface area contributed by atoms with Crippen LogP contribution in [0.2, 0.25) is 0 Å². The van der Waals surface area contributed by atoms with Crippen molar-refractivity contribution in [3.05, 3.63) is 47.4 Å². The van der Waals surface area contributed by atoms with E-state index in [9.17, 15) is 14.0 Å². The molecule has 4 nitrogen and oxygen atoms in total. The molecule has 0 atom stereocenters. The number of aliphatic imine (C=N–C) groups is 1. The molecular formula is C10H8F2N2O2. The normalized spacial score (nSPS) is 15.8. The number of halogens is 2. The minimum atomic E-state index is -0.700. The van der Waals surface area contributed by atoms with Crippen LogP contribution in [-0.2, 0) is 0 Å². The van der Waals surface area contributed by atoms with Crippen LogP contribution in [0.25, 0.3) is 0 Å². The summed E-state index contributed by atoms with van der Waals surface area (Å²) in [5.74, 6) is -1.64. The third-order valence-electron chi connectivity index (χ3n) is 2.06. The van der Waals surface area contributed by atoms with E-state index in [4.69, 9.17) is 5.11 Å². The molecule has 0 unspecified atom stereocenters. The number of hydroxylamine groups is 2. The van der Waals surface area contributed by atoms with E-state index in [2.05, 4.69) is 4.99 Å². The fourth-order valence-electron chi connectivity index (χ4n) is 1.35. The first kappa shape index (κ1) is 10.6. The highest BCUT2D eigenvalue weighted by Crippen LogP contribution is 2.15. The fourth-order valence-corrected chi connectivity index (χ4v) is 1.35. The molecule has 16 heavy (non-hydrogen) atoms. The van der Waals surface area contributed by atoms with Crippen molar-refractivity contribution in [3.8, 4) is 0 Å². The summed E-state index contributed by atoms with van der Waals surface area (Å²) < 4.78 is 26.3. The molecule has 0 radical (unpaired) electrons. The van der Waals surface area contributed by atoms with Gasteiger partial charge >= 0.3 is 0 Å². The Morgan fingerprint density at radius 3 is 2.75 bits per heavy atom. The van der Waals surface area contributed by atoms with Gasteiger partial charge in [-0.15, -0.1) is 0 Å². The van der Waals surface area contributed by atoms with Crippen LogP contribution in [0.3, 0.4) is 0 Å². The van der Waals surface area contributed by atoms with Gasteiger partial charge in [-0.25, -0.2) is 18.8 Å². The molecular weight excluding hydrogens is 218 g/mol. The van der Waals surface area contributed by atoms with E-state index in [1.165, 1.54) is 0 Å². The van der Waals surface area contributed by atoms with E-state index in [-0.39, 0.29) is 23.7 Å². The quantitative estimate of drug-likeness (QED) is 0.767. The molecule has 1 heterocycles. The van der Waals surface area contributed by atoms with Crippen LogP contribution in [0.1, 0.15) is 5.56 Å². The van der Waals surface area contributed by atoms with Gasteiger partial charge in [-0.3, -0.25) is 5.21 Å². The number of benzene rings is 1. The Hall–Kier alpha value is -1.95. The summed E-state index contributed by atoms with van der Waals surface area (Å²) in [6.07, 6.45) is 1.08. The molecule has 1 aromatic carbocycles. The van der Waals surface area contributed by atoms with Crippen molar-refractivity contribution in [3.63, 3.8) is 0 Å². The van der Waals surface area contributed by atoms with Gasteiger partial charge in [0.1, 0.15) is 23.9 Å². The summed E-state index contributed by atoms with van der Waals surface area (Å²) in [7, 11) is 0. The maximum Gasteiger partial charge on any atom is 0.163 e. The smallest absolute Gasteiger partial charge is 0.163 e. The van der Waals surface area contributed by atoms with Crippen molar-refractivity contribution in [2.24, 2.45) is 4.99 Å². The first-order valence-corrected chi connectivity index (χ1v) is 4.45. The first-order valence-electron chi connectivity index (χ1n) is 4.45. The monoisotopic (exact) mass is 226 g/mol. The standard InChI is InChI=1S/C10H8F2N2O2/c11-6-1-2-9(12)8(3-6)10-13-4-7(15)5-14(10)16/h1-4,15-16H,5H2. The molecule has 1 aromatic rings. The number of hydrogen-bond acceptors (Lipinski definition) is 4. The van der Waals surface area contributed by atoms with Gasteiger partial charge in [0.25, 0.3) is 0 Å². The van der Waals surface area contributed by atoms with Crippen LogP contribution < -0.4 is 0 Å². The lowest BCUT2D eigenvalue weighted by atomic mass is 10.1. The van der Waals surface area contributed by atoms with E-state index in [1.807, 2.05) is 0 Å². The summed E-state index contributed by atoms with van der Waals surface area (Å²) in [6, 6.07) is 2.84. The molecule has 0 aliphatic carbocycles. The fraction of sp³-hybridized carbons (Fsp3) is 0.100. The van der Waals surface area contributed by atoms with Gasteiger partial charge in [-0.2, -0.15) is 0 Å². The molecule has 1 aliphatic rings. The number of aliphatic hydroxyl groups is 1. The van der Waals surface area contributed by atoms with E-state index in [0.717, 1.165) is 24.4 Å². The molecule has 0 aromatic heterocycles. The third-order valence-corrected chi connectivity index (χ3v) is 2.06. The van der Waals surface area contributed by atoms with Gasteiger partial charge in [0.15, 0.2) is 5.84 Å². The molecule has 1 aliphatic heterocycles. The van der Waals surface area contributed by atoms with Gasteiger partial charge in [0.2, 0.25) is 0 Å². The van der Waals surface area contributed by atoms with E-state index in [1.54, 1.807) is 0 Å². The summed E-state index contributed by atoms with van der Waals surface area (Å²) in [5.41, 5.74) is -0.161. The minimum Gasteiger partial charge on any atom is -0.509 e. The second-order valence-electron chi connectivity index (χ2n) is 3.25. The Morgan fingerprint density at radius 2 is 2.06 bits per heavy atom. The first-order chi connectivity index (χ1) is 7.58. The van der Waals surface area contributed by atoms with Crippen molar-refractivity contribution in [1.82, 2.24) is 5.06 Å². The Bertz CT molecular complexity index is 486. The topological polar surface area (TPSA) is 56.1 Å². The number of amidine groups is 1. The van der Waals surface area contributed by atoms with Crippen LogP contribution in [0.5, 0.6) is 0 Å². The maximum absolute atomic E-state index is 13.4. The molecule has 6 heteroatoms. The number of rotatable bonds is 1. The van der Waals surface area contributed by atoms with Gasteiger partial charge in [-0.1, -0.05) is 0 Å². The SMILES string of the molecule is OC1=CN=C(c2cc(F)ccc2F)N(O)C1. The molecule has 0 saturated heterocycles. The highest BCUT2D eigenvalue weighted by atomic mass is 19.1.